The number of nitrogens with one attached hydrogen (secondary N) is 1. The molecule has 3 N–H and O–H groups in total. The largest absolute Gasteiger partial charge is 0.368 e. The van der Waals surface area contributed by atoms with Gasteiger partial charge in [0.25, 0.3) is 0 Å². The molecule has 15 heavy (non-hydrogen) atoms. The van der Waals surface area contributed by atoms with Crippen LogP contribution in [0.3, 0.4) is 0 Å². The minimum atomic E-state index is 0.702. The van der Waals surface area contributed by atoms with E-state index in [0.717, 1.165) is 26.2 Å². The van der Waals surface area contributed by atoms with E-state index in [-0.39, 0.29) is 0 Å². The first-order chi connectivity index (χ1) is 7.29. The number of rotatable bonds is 2. The molecular weight excluding hydrogens is 190 g/mol. The molecular formula is C10H17N5. The fourth-order valence-electron chi connectivity index (χ4n) is 1.72. The van der Waals surface area contributed by atoms with Crippen molar-refractivity contribution in [3.8, 4) is 0 Å². The van der Waals surface area contributed by atoms with Crippen LogP contribution in [-0.4, -0.2) is 43.1 Å². The molecule has 1 aliphatic rings. The van der Waals surface area contributed by atoms with Gasteiger partial charge in [-0.1, -0.05) is 0 Å². The summed E-state index contributed by atoms with van der Waals surface area (Å²) in [5, 5.41) is 0. The SMILES string of the molecule is CN1CCN(c2ccc(NN)nc2)CC1. The Balaban J connectivity index is 2.03. The summed E-state index contributed by atoms with van der Waals surface area (Å²) < 4.78 is 0. The number of likely N-dealkylation sites (N-methyl/N-ethyl adjacent to an activating group) is 1. The van der Waals surface area contributed by atoms with Crippen molar-refractivity contribution in [1.29, 1.82) is 0 Å². The van der Waals surface area contributed by atoms with Crippen molar-refractivity contribution in [3.05, 3.63) is 18.3 Å². The highest BCUT2D eigenvalue weighted by atomic mass is 15.3. The lowest BCUT2D eigenvalue weighted by Crippen LogP contribution is -2.44. The number of piperazine rings is 1. The van der Waals surface area contributed by atoms with E-state index in [1.165, 1.54) is 5.69 Å². The summed E-state index contributed by atoms with van der Waals surface area (Å²) >= 11 is 0. The smallest absolute Gasteiger partial charge is 0.140 e. The van der Waals surface area contributed by atoms with Gasteiger partial charge in [0.05, 0.1) is 11.9 Å². The first-order valence-corrected chi connectivity index (χ1v) is 5.16. The van der Waals surface area contributed by atoms with E-state index in [4.69, 9.17) is 5.84 Å². The van der Waals surface area contributed by atoms with Gasteiger partial charge in [0.1, 0.15) is 5.82 Å². The van der Waals surface area contributed by atoms with Crippen molar-refractivity contribution in [3.63, 3.8) is 0 Å². The van der Waals surface area contributed by atoms with Crippen molar-refractivity contribution >= 4 is 11.5 Å². The molecule has 1 fully saturated rings. The van der Waals surface area contributed by atoms with Crippen LogP contribution in [0.2, 0.25) is 0 Å². The highest BCUT2D eigenvalue weighted by Gasteiger charge is 2.13. The molecule has 5 heteroatoms. The maximum Gasteiger partial charge on any atom is 0.140 e. The normalized spacial score (nSPS) is 17.9. The quantitative estimate of drug-likeness (QED) is 0.533. The van der Waals surface area contributed by atoms with Gasteiger partial charge in [0.2, 0.25) is 0 Å². The Labute approximate surface area is 89.8 Å². The van der Waals surface area contributed by atoms with Gasteiger partial charge in [-0.2, -0.15) is 0 Å². The fourth-order valence-corrected chi connectivity index (χ4v) is 1.72. The summed E-state index contributed by atoms with van der Waals surface area (Å²) in [7, 11) is 2.15. The molecule has 5 nitrogen and oxygen atoms in total. The van der Waals surface area contributed by atoms with Crippen molar-refractivity contribution in [2.45, 2.75) is 0 Å². The molecule has 1 saturated heterocycles. The number of aromatic nitrogens is 1. The number of pyridine rings is 1. The van der Waals surface area contributed by atoms with E-state index in [1.807, 2.05) is 18.3 Å². The molecule has 0 aromatic carbocycles. The molecule has 0 atom stereocenters. The Bertz CT molecular complexity index is 302. The third-order valence-electron chi connectivity index (χ3n) is 2.76. The molecule has 1 aromatic heterocycles. The van der Waals surface area contributed by atoms with Crippen LogP contribution in [0.1, 0.15) is 0 Å². The van der Waals surface area contributed by atoms with Crippen LogP contribution < -0.4 is 16.2 Å². The number of hydrogen-bond acceptors (Lipinski definition) is 5. The molecule has 0 bridgehead atoms. The zero-order valence-corrected chi connectivity index (χ0v) is 8.98. The van der Waals surface area contributed by atoms with Crippen LogP contribution >= 0.6 is 0 Å². The van der Waals surface area contributed by atoms with Crippen molar-refractivity contribution in [2.75, 3.05) is 43.6 Å². The number of hydrogen-bond donors (Lipinski definition) is 2. The monoisotopic (exact) mass is 207 g/mol. The molecule has 0 radical (unpaired) electrons. The standard InChI is InChI=1S/C10H17N5/c1-14-4-6-15(7-5-14)9-2-3-10(13-11)12-8-9/h2-3,8H,4-7,11H2,1H3,(H,12,13). The first-order valence-electron chi connectivity index (χ1n) is 5.16. The van der Waals surface area contributed by atoms with E-state index in [1.54, 1.807) is 0 Å². The summed E-state index contributed by atoms with van der Waals surface area (Å²) in [5.41, 5.74) is 3.69. The molecule has 2 heterocycles. The second-order valence-electron chi connectivity index (χ2n) is 3.84. The van der Waals surface area contributed by atoms with Crippen molar-refractivity contribution in [1.82, 2.24) is 9.88 Å². The lowest BCUT2D eigenvalue weighted by molar-refractivity contribution is 0.313. The van der Waals surface area contributed by atoms with E-state index in [9.17, 15) is 0 Å². The van der Waals surface area contributed by atoms with Gasteiger partial charge in [-0.05, 0) is 19.2 Å². The minimum Gasteiger partial charge on any atom is -0.368 e. The first kappa shape index (κ1) is 10.2. The second kappa shape index (κ2) is 4.46. The fraction of sp³-hybridized carbons (Fsp3) is 0.500. The lowest BCUT2D eigenvalue weighted by Gasteiger charge is -2.33. The second-order valence-corrected chi connectivity index (χ2v) is 3.84. The molecule has 0 saturated carbocycles. The van der Waals surface area contributed by atoms with Gasteiger partial charge >= 0.3 is 0 Å². The topological polar surface area (TPSA) is 57.4 Å². The van der Waals surface area contributed by atoms with Crippen molar-refractivity contribution in [2.24, 2.45) is 5.84 Å². The highest BCUT2D eigenvalue weighted by molar-refractivity contribution is 5.49. The molecule has 0 aliphatic carbocycles. The Morgan fingerprint density at radius 1 is 1.27 bits per heavy atom. The van der Waals surface area contributed by atoms with Crippen LogP contribution in [0.25, 0.3) is 0 Å². The molecule has 2 rings (SSSR count). The Hall–Kier alpha value is -1.33. The Kier molecular flexibility index (Phi) is 3.03. The third-order valence-corrected chi connectivity index (χ3v) is 2.76. The van der Waals surface area contributed by atoms with Gasteiger partial charge in [-0.25, -0.2) is 10.8 Å². The maximum absolute atomic E-state index is 5.26. The third kappa shape index (κ3) is 2.37. The predicted octanol–water partition coefficient (Wildman–Crippen LogP) is 0.119. The van der Waals surface area contributed by atoms with Crippen LogP contribution in [0.15, 0.2) is 18.3 Å². The van der Waals surface area contributed by atoms with Crippen molar-refractivity contribution < 1.29 is 0 Å². The zero-order valence-electron chi connectivity index (χ0n) is 8.98. The summed E-state index contributed by atoms with van der Waals surface area (Å²) in [4.78, 5) is 8.87. The Morgan fingerprint density at radius 2 is 2.00 bits per heavy atom. The Morgan fingerprint density at radius 3 is 2.53 bits per heavy atom. The molecule has 0 spiro atoms. The number of anilines is 2. The van der Waals surface area contributed by atoms with E-state index in [0.29, 0.717) is 5.82 Å². The summed E-state index contributed by atoms with van der Waals surface area (Å²) in [6.45, 7) is 4.34. The number of hydrazine groups is 1. The summed E-state index contributed by atoms with van der Waals surface area (Å²) in [6.07, 6.45) is 1.86. The number of nitrogen functional groups attached to an aromatic ring is 1. The lowest BCUT2D eigenvalue weighted by atomic mass is 10.3. The molecule has 0 unspecified atom stereocenters. The number of nitrogens with zero attached hydrogens (tertiary/aromatic N) is 3. The van der Waals surface area contributed by atoms with Gasteiger partial charge in [-0.15, -0.1) is 0 Å². The van der Waals surface area contributed by atoms with Gasteiger partial charge in [0, 0.05) is 26.2 Å². The molecule has 0 amide bonds. The van der Waals surface area contributed by atoms with Crippen LogP contribution in [0, 0.1) is 0 Å². The number of nitrogens with two attached hydrogens (primary N) is 1. The van der Waals surface area contributed by atoms with E-state index in [2.05, 4.69) is 27.3 Å². The van der Waals surface area contributed by atoms with Gasteiger partial charge < -0.3 is 15.2 Å². The average molecular weight is 207 g/mol. The van der Waals surface area contributed by atoms with E-state index < -0.39 is 0 Å². The highest BCUT2D eigenvalue weighted by Crippen LogP contribution is 2.16. The predicted molar refractivity (Wildman–Crippen MR) is 61.8 cm³/mol. The average Bonchev–Trinajstić information content (AvgIpc) is 2.30. The van der Waals surface area contributed by atoms with Crippen LogP contribution in [0.4, 0.5) is 11.5 Å². The maximum atomic E-state index is 5.26. The summed E-state index contributed by atoms with van der Waals surface area (Å²) in [5.74, 6) is 5.97. The molecule has 1 aromatic rings. The van der Waals surface area contributed by atoms with E-state index >= 15 is 0 Å². The molecule has 1 aliphatic heterocycles. The summed E-state index contributed by atoms with van der Waals surface area (Å²) in [6, 6.07) is 3.95. The van der Waals surface area contributed by atoms with Gasteiger partial charge in [-0.3, -0.25) is 0 Å². The zero-order chi connectivity index (χ0) is 10.7. The van der Waals surface area contributed by atoms with Crippen LogP contribution in [-0.2, 0) is 0 Å². The van der Waals surface area contributed by atoms with Crippen LogP contribution in [0.5, 0.6) is 0 Å². The molecule has 82 valence electrons. The van der Waals surface area contributed by atoms with Gasteiger partial charge in [0.15, 0.2) is 0 Å². The minimum absolute atomic E-state index is 0.702.